The molecule has 1 aromatic rings. The molecule has 144 valence electrons. The molecule has 1 aromatic carbocycles. The van der Waals surface area contributed by atoms with Gasteiger partial charge in [0.15, 0.2) is 0 Å². The van der Waals surface area contributed by atoms with Crippen molar-refractivity contribution in [3.63, 3.8) is 0 Å². The van der Waals surface area contributed by atoms with Crippen molar-refractivity contribution in [2.75, 3.05) is 0 Å². The Morgan fingerprint density at radius 3 is 2.04 bits per heavy atom. The lowest BCUT2D eigenvalue weighted by molar-refractivity contribution is -0.138. The average Bonchev–Trinajstić information content (AvgIpc) is 2.71. The Morgan fingerprint density at radius 2 is 1.62 bits per heavy atom. The first-order chi connectivity index (χ1) is 11.8. The van der Waals surface area contributed by atoms with Crippen molar-refractivity contribution < 1.29 is 27.3 Å². The van der Waals surface area contributed by atoms with Gasteiger partial charge in [0.05, 0.1) is 17.2 Å². The van der Waals surface area contributed by atoms with Crippen molar-refractivity contribution in [2.45, 2.75) is 70.9 Å². The summed E-state index contributed by atoms with van der Waals surface area (Å²) in [5, 5.41) is 2.58. The number of carbonyl (C=O) groups is 1. The number of carbonyl (C=O) groups excluding carboxylic acids is 1. The zero-order valence-electron chi connectivity index (χ0n) is 15.7. The monoisotopic (exact) mass is 371 g/mol. The smallest absolute Gasteiger partial charge is 0.399 e. The van der Waals surface area contributed by atoms with Crippen LogP contribution in [-0.2, 0) is 14.1 Å². The van der Waals surface area contributed by atoms with Gasteiger partial charge in [0.2, 0.25) is 5.91 Å². The van der Waals surface area contributed by atoms with Gasteiger partial charge in [0.1, 0.15) is 0 Å². The molecule has 1 N–H and O–H groups in total. The van der Waals surface area contributed by atoms with Crippen LogP contribution in [0.5, 0.6) is 0 Å². The normalized spacial score (nSPS) is 20.1. The molecule has 8 heteroatoms. The average molecular weight is 371 g/mol. The van der Waals surface area contributed by atoms with E-state index >= 15 is 0 Å². The highest BCUT2D eigenvalue weighted by Crippen LogP contribution is 2.36. The first kappa shape index (κ1) is 20.8. The zero-order valence-corrected chi connectivity index (χ0v) is 15.7. The number of benzene rings is 1. The van der Waals surface area contributed by atoms with Crippen LogP contribution >= 0.6 is 0 Å². The fraction of sp³-hybridized carbons (Fsp3) is 0.611. The molecule has 0 radical (unpaired) electrons. The van der Waals surface area contributed by atoms with Gasteiger partial charge in [-0.25, -0.2) is 0 Å². The molecule has 0 aromatic heterocycles. The van der Waals surface area contributed by atoms with Crippen LogP contribution in [0.1, 0.15) is 59.1 Å². The fourth-order valence-corrected chi connectivity index (χ4v) is 2.74. The van der Waals surface area contributed by atoms with Crippen LogP contribution in [0.4, 0.5) is 13.2 Å². The van der Waals surface area contributed by atoms with Gasteiger partial charge in [-0.3, -0.25) is 4.79 Å². The maximum atomic E-state index is 12.5. The maximum Gasteiger partial charge on any atom is 0.494 e. The Morgan fingerprint density at radius 1 is 1.12 bits per heavy atom. The van der Waals surface area contributed by atoms with Gasteiger partial charge in [-0.15, -0.1) is 0 Å². The lowest BCUT2D eigenvalue weighted by atomic mass is 9.78. The lowest BCUT2D eigenvalue weighted by Gasteiger charge is -2.32. The predicted molar refractivity (Wildman–Crippen MR) is 94.0 cm³/mol. The number of hydrogen-bond donors (Lipinski definition) is 1. The van der Waals surface area contributed by atoms with Crippen molar-refractivity contribution in [1.29, 1.82) is 0 Å². The number of nitrogens with one attached hydrogen (secondary N) is 1. The minimum Gasteiger partial charge on any atom is -0.399 e. The fourth-order valence-electron chi connectivity index (χ4n) is 2.74. The van der Waals surface area contributed by atoms with Crippen LogP contribution in [0.15, 0.2) is 24.3 Å². The second-order valence-electron chi connectivity index (χ2n) is 7.66. The minimum atomic E-state index is -4.26. The summed E-state index contributed by atoms with van der Waals surface area (Å²) in [5.41, 5.74) is 0.457. The highest BCUT2D eigenvalue weighted by atomic mass is 19.4. The number of halogens is 3. The van der Waals surface area contributed by atoms with Gasteiger partial charge in [-0.1, -0.05) is 24.3 Å². The van der Waals surface area contributed by atoms with Crippen molar-refractivity contribution in [2.24, 2.45) is 0 Å². The van der Waals surface area contributed by atoms with E-state index in [1.54, 1.807) is 24.3 Å². The largest absolute Gasteiger partial charge is 0.494 e. The van der Waals surface area contributed by atoms with E-state index in [1.165, 1.54) is 6.92 Å². The van der Waals surface area contributed by atoms with Crippen molar-refractivity contribution in [1.82, 2.24) is 5.32 Å². The van der Waals surface area contributed by atoms with Gasteiger partial charge in [0.25, 0.3) is 0 Å². The van der Waals surface area contributed by atoms with E-state index in [9.17, 15) is 18.0 Å². The topological polar surface area (TPSA) is 47.6 Å². The molecule has 26 heavy (non-hydrogen) atoms. The molecule has 2 rings (SSSR count). The quantitative estimate of drug-likeness (QED) is 0.806. The van der Waals surface area contributed by atoms with Gasteiger partial charge in [-0.2, -0.15) is 13.2 Å². The second-order valence-corrected chi connectivity index (χ2v) is 7.66. The molecule has 1 atom stereocenters. The van der Waals surface area contributed by atoms with E-state index in [1.807, 2.05) is 27.7 Å². The van der Waals surface area contributed by atoms with Crippen LogP contribution in [0.3, 0.4) is 0 Å². The van der Waals surface area contributed by atoms with Gasteiger partial charge < -0.3 is 14.6 Å². The van der Waals surface area contributed by atoms with Crippen LogP contribution in [0.2, 0.25) is 0 Å². The van der Waals surface area contributed by atoms with E-state index in [-0.39, 0.29) is 12.3 Å². The molecule has 4 nitrogen and oxygen atoms in total. The lowest BCUT2D eigenvalue weighted by Crippen LogP contribution is -2.41. The summed E-state index contributed by atoms with van der Waals surface area (Å²) in [4.78, 5) is 11.3. The van der Waals surface area contributed by atoms with Gasteiger partial charge >= 0.3 is 13.3 Å². The first-order valence-electron chi connectivity index (χ1n) is 8.60. The summed E-state index contributed by atoms with van der Waals surface area (Å²) in [5.74, 6) is -0.368. The Kier molecular flexibility index (Phi) is 5.78. The van der Waals surface area contributed by atoms with Crippen molar-refractivity contribution >= 4 is 18.5 Å². The molecule has 1 aliphatic heterocycles. The molecule has 0 spiro atoms. The van der Waals surface area contributed by atoms with E-state index in [2.05, 4.69) is 5.32 Å². The number of alkyl halides is 3. The second kappa shape index (κ2) is 7.23. The van der Waals surface area contributed by atoms with E-state index in [0.717, 1.165) is 5.46 Å². The Labute approximate surface area is 152 Å². The molecule has 1 saturated heterocycles. The molecule has 1 aliphatic rings. The molecule has 0 saturated carbocycles. The summed E-state index contributed by atoms with van der Waals surface area (Å²) in [6.07, 6.45) is -5.44. The van der Waals surface area contributed by atoms with E-state index in [4.69, 9.17) is 9.31 Å². The van der Waals surface area contributed by atoms with Crippen LogP contribution < -0.4 is 10.8 Å². The third-order valence-corrected chi connectivity index (χ3v) is 4.96. The van der Waals surface area contributed by atoms with Crippen molar-refractivity contribution in [3.05, 3.63) is 29.8 Å². The molecule has 0 bridgehead atoms. The standard InChI is InChI=1S/C18H25BF3NO3/c1-12(24)23-15(10-11-18(20,21)22)13-6-8-14(9-7-13)19-25-16(2,3)17(4,5)26-19/h6-9,15H,10-11H2,1-5H3,(H,23,24). The Balaban J connectivity index is 2.14. The summed E-state index contributed by atoms with van der Waals surface area (Å²) in [6.45, 7) is 9.09. The highest BCUT2D eigenvalue weighted by molar-refractivity contribution is 6.62. The van der Waals surface area contributed by atoms with E-state index in [0.29, 0.717) is 5.56 Å². The summed E-state index contributed by atoms with van der Waals surface area (Å²) in [7, 11) is -0.538. The zero-order chi connectivity index (χ0) is 19.8. The summed E-state index contributed by atoms with van der Waals surface area (Å²) in [6, 6.07) is 6.25. The summed E-state index contributed by atoms with van der Waals surface area (Å²) < 4.78 is 49.5. The van der Waals surface area contributed by atoms with Gasteiger partial charge in [0, 0.05) is 13.3 Å². The summed E-state index contributed by atoms with van der Waals surface area (Å²) >= 11 is 0. The molecule has 1 amide bonds. The van der Waals surface area contributed by atoms with Crippen LogP contribution in [0.25, 0.3) is 0 Å². The molecule has 1 unspecified atom stereocenters. The molecule has 1 heterocycles. The number of amides is 1. The first-order valence-corrected chi connectivity index (χ1v) is 8.60. The third kappa shape index (κ3) is 5.01. The Bertz CT molecular complexity index is 628. The number of rotatable bonds is 5. The third-order valence-electron chi connectivity index (χ3n) is 4.96. The maximum absolute atomic E-state index is 12.5. The van der Waals surface area contributed by atoms with E-state index < -0.39 is 37.0 Å². The Hall–Kier alpha value is -1.54. The van der Waals surface area contributed by atoms with Crippen molar-refractivity contribution in [3.8, 4) is 0 Å². The van der Waals surface area contributed by atoms with Crippen LogP contribution in [0, 0.1) is 0 Å². The van der Waals surface area contributed by atoms with Gasteiger partial charge in [-0.05, 0) is 45.1 Å². The molecule has 0 aliphatic carbocycles. The minimum absolute atomic E-state index is 0.209. The predicted octanol–water partition coefficient (Wildman–Crippen LogP) is 3.51. The van der Waals surface area contributed by atoms with Crippen LogP contribution in [-0.4, -0.2) is 30.4 Å². The SMILES string of the molecule is CC(=O)NC(CCC(F)(F)F)c1ccc(B2OC(C)(C)C(C)(C)O2)cc1. The molecular formula is C18H25BF3NO3. The molecular weight excluding hydrogens is 346 g/mol. The molecule has 1 fully saturated rings. The number of hydrogen-bond acceptors (Lipinski definition) is 3. The highest BCUT2D eigenvalue weighted by Gasteiger charge is 2.51.